The third-order valence-corrected chi connectivity index (χ3v) is 5.26. The third kappa shape index (κ3) is 4.19. The van der Waals surface area contributed by atoms with Crippen LogP contribution in [-0.4, -0.2) is 20.9 Å². The molecule has 9 heteroatoms. The number of alkyl halides is 3. The van der Waals surface area contributed by atoms with E-state index < -0.39 is 11.7 Å². The Morgan fingerprint density at radius 3 is 2.62 bits per heavy atom. The predicted molar refractivity (Wildman–Crippen MR) is 101 cm³/mol. The summed E-state index contributed by atoms with van der Waals surface area (Å²) in [6, 6.07) is 11.9. The summed E-state index contributed by atoms with van der Waals surface area (Å²) in [6.07, 6.45) is -3.49. The van der Waals surface area contributed by atoms with E-state index in [-0.39, 0.29) is 23.7 Å². The van der Waals surface area contributed by atoms with E-state index in [4.69, 9.17) is 4.52 Å². The van der Waals surface area contributed by atoms with Crippen molar-refractivity contribution in [2.75, 3.05) is 0 Å². The van der Waals surface area contributed by atoms with Crippen LogP contribution in [0.25, 0.3) is 11.4 Å². The zero-order valence-electron chi connectivity index (χ0n) is 15.0. The van der Waals surface area contributed by atoms with E-state index in [1.54, 1.807) is 4.90 Å². The Morgan fingerprint density at radius 2 is 1.93 bits per heavy atom. The molecule has 1 fully saturated rings. The molecule has 0 spiro atoms. The summed E-state index contributed by atoms with van der Waals surface area (Å²) in [6.45, 7) is 0.404. The highest BCUT2D eigenvalue weighted by molar-refractivity contribution is 9.10. The van der Waals surface area contributed by atoms with Gasteiger partial charge in [-0.2, -0.15) is 18.2 Å². The molecule has 0 saturated carbocycles. The highest BCUT2D eigenvalue weighted by atomic mass is 79.9. The Balaban J connectivity index is 1.55. The number of hydrogen-bond donors (Lipinski definition) is 0. The van der Waals surface area contributed by atoms with Gasteiger partial charge in [0.1, 0.15) is 6.04 Å². The molecule has 0 aliphatic carbocycles. The number of rotatable bonds is 4. The van der Waals surface area contributed by atoms with Gasteiger partial charge >= 0.3 is 6.18 Å². The van der Waals surface area contributed by atoms with E-state index in [1.807, 2.05) is 24.3 Å². The van der Waals surface area contributed by atoms with Crippen molar-refractivity contribution in [2.24, 2.45) is 0 Å². The smallest absolute Gasteiger partial charge is 0.337 e. The lowest BCUT2D eigenvalue weighted by Gasteiger charge is -2.22. The Bertz CT molecular complexity index is 1030. The van der Waals surface area contributed by atoms with Crippen LogP contribution in [0, 0.1) is 0 Å². The van der Waals surface area contributed by atoms with Crippen molar-refractivity contribution in [2.45, 2.75) is 31.6 Å². The van der Waals surface area contributed by atoms with E-state index in [0.29, 0.717) is 24.9 Å². The summed E-state index contributed by atoms with van der Waals surface area (Å²) in [5, 5.41) is 3.89. The molecule has 2 heterocycles. The first-order valence-electron chi connectivity index (χ1n) is 8.86. The summed E-state index contributed by atoms with van der Waals surface area (Å²) >= 11 is 3.42. The molecule has 1 saturated heterocycles. The van der Waals surface area contributed by atoms with Crippen LogP contribution in [0.5, 0.6) is 0 Å². The maximum atomic E-state index is 12.7. The average molecular weight is 466 g/mol. The number of carbonyl (C=O) groups excluding carboxylic acids is 1. The number of hydrogen-bond acceptors (Lipinski definition) is 4. The molecule has 3 aromatic rings. The van der Waals surface area contributed by atoms with Crippen molar-refractivity contribution in [3.8, 4) is 11.4 Å². The molecule has 0 bridgehead atoms. The number of nitrogens with zero attached hydrogens (tertiary/aromatic N) is 3. The summed E-state index contributed by atoms with van der Waals surface area (Å²) in [5.41, 5.74) is 0.629. The number of likely N-dealkylation sites (tertiary alicyclic amines) is 1. The van der Waals surface area contributed by atoms with Crippen LogP contribution in [0.3, 0.4) is 0 Å². The number of amides is 1. The summed E-state index contributed by atoms with van der Waals surface area (Å²) in [7, 11) is 0. The number of halogens is 4. The fourth-order valence-electron chi connectivity index (χ4n) is 3.32. The van der Waals surface area contributed by atoms with Gasteiger partial charge in [0.15, 0.2) is 0 Å². The number of carbonyl (C=O) groups is 1. The first-order chi connectivity index (χ1) is 13.8. The molecule has 4 rings (SSSR count). The van der Waals surface area contributed by atoms with Gasteiger partial charge in [-0.05, 0) is 36.2 Å². The van der Waals surface area contributed by atoms with E-state index in [9.17, 15) is 18.0 Å². The van der Waals surface area contributed by atoms with Gasteiger partial charge < -0.3 is 9.42 Å². The van der Waals surface area contributed by atoms with Crippen molar-refractivity contribution in [1.29, 1.82) is 0 Å². The Kier molecular flexibility index (Phi) is 5.16. The molecule has 1 aromatic heterocycles. The van der Waals surface area contributed by atoms with E-state index in [2.05, 4.69) is 26.1 Å². The van der Waals surface area contributed by atoms with Crippen LogP contribution in [-0.2, 0) is 17.5 Å². The highest BCUT2D eigenvalue weighted by Gasteiger charge is 2.36. The minimum Gasteiger partial charge on any atom is -0.337 e. The molecule has 2 aromatic carbocycles. The van der Waals surface area contributed by atoms with Crippen LogP contribution in [0.15, 0.2) is 57.5 Å². The maximum Gasteiger partial charge on any atom is 0.416 e. The van der Waals surface area contributed by atoms with Crippen LogP contribution in [0.2, 0.25) is 0 Å². The third-order valence-electron chi connectivity index (χ3n) is 4.77. The predicted octanol–water partition coefficient (Wildman–Crippen LogP) is 5.38. The van der Waals surface area contributed by atoms with Gasteiger partial charge in [-0.15, -0.1) is 0 Å². The molecule has 29 heavy (non-hydrogen) atoms. The zero-order chi connectivity index (χ0) is 20.6. The minimum absolute atomic E-state index is 0.00995. The van der Waals surface area contributed by atoms with E-state index in [1.165, 1.54) is 12.1 Å². The van der Waals surface area contributed by atoms with Crippen LogP contribution < -0.4 is 0 Å². The Labute approximate surface area is 172 Å². The second-order valence-electron chi connectivity index (χ2n) is 6.74. The minimum atomic E-state index is -4.40. The topological polar surface area (TPSA) is 59.2 Å². The van der Waals surface area contributed by atoms with Gasteiger partial charge in [0, 0.05) is 23.0 Å². The van der Waals surface area contributed by atoms with E-state index in [0.717, 1.165) is 22.2 Å². The van der Waals surface area contributed by atoms with Gasteiger partial charge in [0.05, 0.1) is 5.56 Å². The van der Waals surface area contributed by atoms with Gasteiger partial charge in [-0.1, -0.05) is 45.4 Å². The van der Waals surface area contributed by atoms with Crippen LogP contribution >= 0.6 is 15.9 Å². The quantitative estimate of drug-likeness (QED) is 0.518. The first kappa shape index (κ1) is 19.6. The maximum absolute atomic E-state index is 12.7. The molecule has 5 nitrogen and oxygen atoms in total. The lowest BCUT2D eigenvalue weighted by molar-refractivity contribution is -0.137. The fourth-order valence-corrected chi connectivity index (χ4v) is 3.76. The molecule has 0 N–H and O–H groups in total. The fraction of sp³-hybridized carbons (Fsp3) is 0.250. The molecule has 1 amide bonds. The Hall–Kier alpha value is -2.68. The summed E-state index contributed by atoms with van der Waals surface area (Å²) in [5.74, 6) is 0.459. The number of benzene rings is 2. The van der Waals surface area contributed by atoms with Crippen molar-refractivity contribution in [3.05, 3.63) is 70.0 Å². The lowest BCUT2D eigenvalue weighted by atomic mass is 10.1. The van der Waals surface area contributed by atoms with Crippen molar-refractivity contribution < 1.29 is 22.5 Å². The van der Waals surface area contributed by atoms with Crippen LogP contribution in [0.1, 0.15) is 35.9 Å². The molecular weight excluding hydrogens is 451 g/mol. The largest absolute Gasteiger partial charge is 0.416 e. The van der Waals surface area contributed by atoms with E-state index >= 15 is 0 Å². The molecule has 1 atom stereocenters. The van der Waals surface area contributed by atoms with Gasteiger partial charge in [-0.3, -0.25) is 4.79 Å². The molecule has 1 aliphatic rings. The van der Waals surface area contributed by atoms with Crippen molar-refractivity contribution in [3.63, 3.8) is 0 Å². The van der Waals surface area contributed by atoms with Gasteiger partial charge in [0.2, 0.25) is 17.6 Å². The second-order valence-corrected chi connectivity index (χ2v) is 7.65. The normalized spacial score (nSPS) is 17.2. The number of aromatic nitrogens is 2. The second kappa shape index (κ2) is 7.62. The summed E-state index contributed by atoms with van der Waals surface area (Å²) < 4.78 is 44.4. The first-order valence-corrected chi connectivity index (χ1v) is 9.66. The Morgan fingerprint density at radius 1 is 1.17 bits per heavy atom. The molecule has 1 aliphatic heterocycles. The van der Waals surface area contributed by atoms with Gasteiger partial charge in [0.25, 0.3) is 0 Å². The molecule has 150 valence electrons. The van der Waals surface area contributed by atoms with Crippen molar-refractivity contribution >= 4 is 21.8 Å². The standard InChI is InChI=1S/C20H15BrF3N3O2/c21-15-3-1-2-12(10-15)11-27-16(8-9-17(27)28)19-25-18(26-29-19)13-4-6-14(7-5-13)20(22,23)24/h1-7,10,16H,8-9,11H2. The molecule has 1 unspecified atom stereocenters. The molecular formula is C20H15BrF3N3O2. The highest BCUT2D eigenvalue weighted by Crippen LogP contribution is 2.35. The average Bonchev–Trinajstić information content (AvgIpc) is 3.29. The molecule has 0 radical (unpaired) electrons. The zero-order valence-corrected chi connectivity index (χ0v) is 16.6. The summed E-state index contributed by atoms with van der Waals surface area (Å²) in [4.78, 5) is 18.4. The van der Waals surface area contributed by atoms with Gasteiger partial charge in [-0.25, -0.2) is 0 Å². The van der Waals surface area contributed by atoms with Crippen molar-refractivity contribution in [1.82, 2.24) is 15.0 Å². The van der Waals surface area contributed by atoms with Crippen LogP contribution in [0.4, 0.5) is 13.2 Å². The SMILES string of the molecule is O=C1CCC(c2nc(-c3ccc(C(F)(F)F)cc3)no2)N1Cc1cccc(Br)c1. The monoisotopic (exact) mass is 465 g/mol. The lowest BCUT2D eigenvalue weighted by Crippen LogP contribution is -2.27.